The zero-order valence-corrected chi connectivity index (χ0v) is 13.3. The number of aromatic nitrogens is 1. The fourth-order valence-corrected chi connectivity index (χ4v) is 2.93. The molecule has 3 N–H and O–H groups in total. The minimum Gasteiger partial charge on any atom is -0.478 e. The van der Waals surface area contributed by atoms with Crippen molar-refractivity contribution < 1.29 is 18.7 Å². The Labute approximate surface area is 144 Å². The van der Waals surface area contributed by atoms with E-state index in [0.29, 0.717) is 6.07 Å². The summed E-state index contributed by atoms with van der Waals surface area (Å²) in [5.41, 5.74) is 4.71. The number of fused-ring (bicyclic) bond motifs is 3. The van der Waals surface area contributed by atoms with Gasteiger partial charge in [-0.05, 0) is 12.1 Å². The third kappa shape index (κ3) is 2.44. The Kier molecular flexibility index (Phi) is 4.03. The fraction of sp³-hybridized carbons (Fsp3) is 0. The molecule has 3 aromatic rings. The molecule has 0 aliphatic carbocycles. The second kappa shape index (κ2) is 5.89. The zero-order chi connectivity index (χ0) is 17.6. The van der Waals surface area contributed by atoms with Gasteiger partial charge in [-0.2, -0.15) is 0 Å². The van der Waals surface area contributed by atoms with Gasteiger partial charge in [-0.25, -0.2) is 18.6 Å². The lowest BCUT2D eigenvalue weighted by atomic mass is 10.00. The molecular formula is C16H8Cl2F2N2O2. The van der Waals surface area contributed by atoms with Crippen molar-refractivity contribution in [3.8, 4) is 0 Å². The van der Waals surface area contributed by atoms with Crippen molar-refractivity contribution in [1.29, 1.82) is 0 Å². The number of carboxylic acids is 1. The van der Waals surface area contributed by atoms with Crippen molar-refractivity contribution in [2.75, 3.05) is 0 Å². The van der Waals surface area contributed by atoms with Crippen molar-refractivity contribution in [1.82, 2.24) is 4.98 Å². The molecule has 122 valence electrons. The zero-order valence-electron chi connectivity index (χ0n) is 11.8. The molecule has 0 saturated carbocycles. The molecule has 1 aromatic heterocycles. The molecule has 8 heteroatoms. The van der Waals surface area contributed by atoms with Gasteiger partial charge in [0, 0.05) is 28.4 Å². The van der Waals surface area contributed by atoms with Crippen LogP contribution in [0.4, 0.5) is 8.78 Å². The number of pyridine rings is 1. The quantitative estimate of drug-likeness (QED) is 0.520. The summed E-state index contributed by atoms with van der Waals surface area (Å²) < 4.78 is 27.8. The third-order valence-corrected chi connectivity index (χ3v) is 4.33. The summed E-state index contributed by atoms with van der Waals surface area (Å²) in [5.74, 6) is -3.12. The molecule has 0 aliphatic heterocycles. The van der Waals surface area contributed by atoms with Crippen LogP contribution in [0, 0.1) is 11.6 Å². The molecule has 24 heavy (non-hydrogen) atoms. The van der Waals surface area contributed by atoms with Gasteiger partial charge >= 0.3 is 5.97 Å². The number of nitrogens with two attached hydrogens (primary N) is 1. The van der Waals surface area contributed by atoms with Gasteiger partial charge in [0.05, 0.1) is 15.7 Å². The predicted molar refractivity (Wildman–Crippen MR) is 89.0 cm³/mol. The van der Waals surface area contributed by atoms with Crippen LogP contribution in [0.2, 0.25) is 10.0 Å². The number of benzene rings is 2. The number of carboxylic acid groups (broad SMARTS) is 1. The van der Waals surface area contributed by atoms with E-state index in [9.17, 15) is 18.7 Å². The van der Waals surface area contributed by atoms with Gasteiger partial charge in [-0.1, -0.05) is 29.3 Å². The van der Waals surface area contributed by atoms with Crippen molar-refractivity contribution in [3.63, 3.8) is 0 Å². The molecule has 0 saturated heterocycles. The molecule has 0 radical (unpaired) electrons. The largest absolute Gasteiger partial charge is 0.478 e. The number of aliphatic carboxylic acids is 1. The second-order valence-electron chi connectivity index (χ2n) is 4.91. The van der Waals surface area contributed by atoms with Crippen LogP contribution >= 0.6 is 23.2 Å². The van der Waals surface area contributed by atoms with Crippen molar-refractivity contribution in [2.45, 2.75) is 0 Å². The third-order valence-electron chi connectivity index (χ3n) is 3.52. The Morgan fingerprint density at radius 1 is 1.21 bits per heavy atom. The molecule has 0 unspecified atom stereocenters. The molecule has 3 rings (SSSR count). The van der Waals surface area contributed by atoms with Crippen molar-refractivity contribution in [3.05, 3.63) is 57.8 Å². The van der Waals surface area contributed by atoms with E-state index in [1.807, 2.05) is 0 Å². The molecule has 0 fully saturated rings. The Balaban J connectivity index is 2.64. The van der Waals surface area contributed by atoms with Crippen molar-refractivity contribution >= 4 is 56.4 Å². The minimum absolute atomic E-state index is 0.0366. The maximum atomic E-state index is 14.2. The summed E-state index contributed by atoms with van der Waals surface area (Å²) in [6.07, 6.45) is 0.847. The van der Waals surface area contributed by atoms with E-state index in [1.54, 1.807) is 0 Å². The number of nitrogens with zero attached hydrogens (tertiary/aromatic N) is 1. The summed E-state index contributed by atoms with van der Waals surface area (Å²) in [7, 11) is 0. The van der Waals surface area contributed by atoms with Gasteiger partial charge < -0.3 is 10.8 Å². The Hall–Kier alpha value is -2.44. The smallest absolute Gasteiger partial charge is 0.339 e. The standard InChI is InChI=1S/C16H8Cl2F2N2O2/c17-10-2-1-7-12(13(10)18)8-3-6(19)4-11(20)15(8)22-14(7)9(5-21)16(23)24/h1-5H,21H2,(H,23,24). The van der Waals surface area contributed by atoms with Crippen LogP contribution < -0.4 is 5.73 Å². The minimum atomic E-state index is -1.35. The Morgan fingerprint density at radius 2 is 1.92 bits per heavy atom. The predicted octanol–water partition coefficient (Wildman–Crippen LogP) is 4.36. The van der Waals surface area contributed by atoms with E-state index in [-0.39, 0.29) is 43.0 Å². The van der Waals surface area contributed by atoms with Crippen LogP contribution in [0.25, 0.3) is 27.2 Å². The van der Waals surface area contributed by atoms with Gasteiger partial charge in [0.2, 0.25) is 0 Å². The van der Waals surface area contributed by atoms with E-state index in [1.165, 1.54) is 12.1 Å². The molecule has 2 aromatic carbocycles. The number of hydrogen-bond acceptors (Lipinski definition) is 3. The van der Waals surface area contributed by atoms with Gasteiger partial charge in [0.15, 0.2) is 5.82 Å². The second-order valence-corrected chi connectivity index (χ2v) is 5.70. The van der Waals surface area contributed by atoms with E-state index < -0.39 is 17.6 Å². The van der Waals surface area contributed by atoms with Crippen molar-refractivity contribution in [2.24, 2.45) is 5.73 Å². The van der Waals surface area contributed by atoms with Gasteiger partial charge in [0.25, 0.3) is 0 Å². The first kappa shape index (κ1) is 16.4. The highest BCUT2D eigenvalue weighted by Crippen LogP contribution is 2.39. The number of hydrogen-bond donors (Lipinski definition) is 2. The van der Waals surface area contributed by atoms with Crippen LogP contribution in [-0.4, -0.2) is 16.1 Å². The summed E-state index contributed by atoms with van der Waals surface area (Å²) in [5, 5.41) is 10.0. The van der Waals surface area contributed by atoms with Gasteiger partial charge in [0.1, 0.15) is 16.9 Å². The first-order chi connectivity index (χ1) is 11.3. The highest BCUT2D eigenvalue weighted by Gasteiger charge is 2.21. The first-order valence-corrected chi connectivity index (χ1v) is 7.32. The molecule has 1 heterocycles. The average molecular weight is 369 g/mol. The molecule has 0 atom stereocenters. The molecule has 0 bridgehead atoms. The summed E-state index contributed by atoms with van der Waals surface area (Å²) in [6.45, 7) is 0. The highest BCUT2D eigenvalue weighted by molar-refractivity contribution is 6.47. The molecule has 0 amide bonds. The topological polar surface area (TPSA) is 76.2 Å². The maximum Gasteiger partial charge on any atom is 0.339 e. The lowest BCUT2D eigenvalue weighted by Gasteiger charge is -2.12. The lowest BCUT2D eigenvalue weighted by molar-refractivity contribution is -0.130. The Bertz CT molecular complexity index is 1050. The normalized spacial score (nSPS) is 12.1. The van der Waals surface area contributed by atoms with Crippen LogP contribution in [0.3, 0.4) is 0 Å². The monoisotopic (exact) mass is 368 g/mol. The van der Waals surface area contributed by atoms with Crippen LogP contribution in [-0.2, 0) is 4.79 Å². The fourth-order valence-electron chi connectivity index (χ4n) is 2.51. The molecule has 4 nitrogen and oxygen atoms in total. The first-order valence-electron chi connectivity index (χ1n) is 6.57. The SMILES string of the molecule is NC=C(C(=O)O)c1nc2c(F)cc(F)cc2c2c(Cl)c(Cl)ccc12. The van der Waals surface area contributed by atoms with Crippen LogP contribution in [0.5, 0.6) is 0 Å². The van der Waals surface area contributed by atoms with Crippen LogP contribution in [0.1, 0.15) is 5.69 Å². The van der Waals surface area contributed by atoms with Crippen LogP contribution in [0.15, 0.2) is 30.5 Å². The lowest BCUT2D eigenvalue weighted by Crippen LogP contribution is -2.06. The Morgan fingerprint density at radius 3 is 2.54 bits per heavy atom. The summed E-state index contributed by atoms with van der Waals surface area (Å²) >= 11 is 12.2. The average Bonchev–Trinajstić information content (AvgIpc) is 2.51. The maximum absolute atomic E-state index is 14.2. The number of rotatable bonds is 2. The van der Waals surface area contributed by atoms with E-state index >= 15 is 0 Å². The molecular weight excluding hydrogens is 361 g/mol. The van der Waals surface area contributed by atoms with Gasteiger partial charge in [-0.15, -0.1) is 0 Å². The number of carbonyl (C=O) groups is 1. The summed E-state index contributed by atoms with van der Waals surface area (Å²) in [6, 6.07) is 4.62. The number of halogens is 4. The summed E-state index contributed by atoms with van der Waals surface area (Å²) in [4.78, 5) is 15.4. The van der Waals surface area contributed by atoms with E-state index in [0.717, 1.165) is 12.3 Å². The molecule has 0 aliphatic rings. The molecule has 0 spiro atoms. The highest BCUT2D eigenvalue weighted by atomic mass is 35.5. The van der Waals surface area contributed by atoms with Gasteiger partial charge in [-0.3, -0.25) is 0 Å². The van der Waals surface area contributed by atoms with E-state index in [2.05, 4.69) is 4.98 Å². The van der Waals surface area contributed by atoms with E-state index in [4.69, 9.17) is 28.9 Å².